The summed E-state index contributed by atoms with van der Waals surface area (Å²) >= 11 is 11.6. The van der Waals surface area contributed by atoms with Gasteiger partial charge in [0.25, 0.3) is 0 Å². The zero-order valence-electron chi connectivity index (χ0n) is 15.8. The van der Waals surface area contributed by atoms with E-state index in [-0.39, 0.29) is 45.2 Å². The van der Waals surface area contributed by atoms with Crippen LogP contribution in [0.3, 0.4) is 0 Å². The van der Waals surface area contributed by atoms with Crippen molar-refractivity contribution in [1.82, 2.24) is 4.90 Å². The van der Waals surface area contributed by atoms with E-state index in [4.69, 9.17) is 23.2 Å². The molecular weight excluding hydrogens is 405 g/mol. The Hall–Kier alpha value is -1.04. The van der Waals surface area contributed by atoms with Crippen LogP contribution < -0.4 is 0 Å². The monoisotopic (exact) mass is 429 g/mol. The van der Waals surface area contributed by atoms with E-state index in [1.165, 1.54) is 0 Å². The predicted octanol–water partition coefficient (Wildman–Crippen LogP) is 4.10. The van der Waals surface area contributed by atoms with Crippen LogP contribution in [0.15, 0.2) is 34.8 Å². The van der Waals surface area contributed by atoms with Crippen LogP contribution in [-0.4, -0.2) is 36.8 Å². The van der Waals surface area contributed by atoms with Gasteiger partial charge in [-0.1, -0.05) is 66.9 Å². The molecule has 3 rings (SSSR count). The number of amides is 1. The third kappa shape index (κ3) is 4.52. The summed E-state index contributed by atoms with van der Waals surface area (Å²) in [6.45, 7) is 6.46. The maximum Gasteiger partial charge on any atom is 0.227 e. The first-order chi connectivity index (χ1) is 12.5. The number of hydrogen-bond donors (Lipinski definition) is 0. The summed E-state index contributed by atoms with van der Waals surface area (Å²) < 4.78 is 24.2. The highest BCUT2D eigenvalue weighted by atomic mass is 35.5. The minimum absolute atomic E-state index is 0.0153. The Balaban J connectivity index is 1.86. The molecule has 0 unspecified atom stereocenters. The zero-order valence-corrected chi connectivity index (χ0v) is 18.1. The molecule has 0 spiro atoms. The summed E-state index contributed by atoms with van der Waals surface area (Å²) in [7, 11) is -3.09. The van der Waals surface area contributed by atoms with E-state index in [0.717, 1.165) is 11.1 Å². The van der Waals surface area contributed by atoms with Crippen LogP contribution in [-0.2, 0) is 21.2 Å². The first-order valence-electron chi connectivity index (χ1n) is 9.10. The highest BCUT2D eigenvalue weighted by Gasteiger charge is 2.62. The van der Waals surface area contributed by atoms with Gasteiger partial charge in [0.1, 0.15) is 4.49 Å². The van der Waals surface area contributed by atoms with E-state index in [2.05, 4.69) is 0 Å². The molecule has 0 N–H and O–H groups in total. The highest BCUT2D eigenvalue weighted by Crippen LogP contribution is 2.60. The van der Waals surface area contributed by atoms with Crippen LogP contribution in [0.25, 0.3) is 0 Å². The van der Waals surface area contributed by atoms with Crippen LogP contribution in [0.2, 0.25) is 0 Å². The number of rotatable bonds is 5. The summed E-state index contributed by atoms with van der Waals surface area (Å²) in [6, 6.07) is 7.71. The summed E-state index contributed by atoms with van der Waals surface area (Å²) in [5, 5.41) is 0. The molecule has 148 valence electrons. The van der Waals surface area contributed by atoms with Crippen LogP contribution in [0, 0.1) is 24.2 Å². The molecule has 0 radical (unpaired) electrons. The molecule has 0 aromatic heterocycles. The Kier molecular flexibility index (Phi) is 5.68. The molecule has 2 aliphatic rings. The second kappa shape index (κ2) is 7.41. The number of benzene rings is 1. The fourth-order valence-corrected chi connectivity index (χ4v) is 6.08. The Bertz CT molecular complexity index is 858. The Morgan fingerprint density at radius 3 is 2.41 bits per heavy atom. The van der Waals surface area contributed by atoms with Crippen molar-refractivity contribution in [1.29, 1.82) is 0 Å². The van der Waals surface area contributed by atoms with Crippen molar-refractivity contribution in [2.24, 2.45) is 17.3 Å². The second-order valence-electron chi connectivity index (χ2n) is 8.29. The van der Waals surface area contributed by atoms with Gasteiger partial charge in [0.05, 0.1) is 17.4 Å². The van der Waals surface area contributed by atoms with Crippen molar-refractivity contribution in [3.8, 4) is 0 Å². The van der Waals surface area contributed by atoms with Gasteiger partial charge in [0, 0.05) is 12.6 Å². The minimum atomic E-state index is -3.09. The Morgan fingerprint density at radius 1 is 1.26 bits per heavy atom. The summed E-state index contributed by atoms with van der Waals surface area (Å²) in [6.07, 6.45) is 2.21. The molecule has 0 bridgehead atoms. The van der Waals surface area contributed by atoms with Gasteiger partial charge < -0.3 is 4.90 Å². The van der Waals surface area contributed by atoms with Crippen molar-refractivity contribution in [2.75, 3.05) is 11.5 Å². The maximum absolute atomic E-state index is 13.4. The molecule has 2 fully saturated rings. The van der Waals surface area contributed by atoms with Gasteiger partial charge >= 0.3 is 0 Å². The first kappa shape index (κ1) is 20.7. The molecule has 1 saturated heterocycles. The van der Waals surface area contributed by atoms with E-state index in [9.17, 15) is 13.2 Å². The van der Waals surface area contributed by atoms with Crippen molar-refractivity contribution in [3.05, 3.63) is 46.0 Å². The van der Waals surface area contributed by atoms with E-state index in [1.54, 1.807) is 11.0 Å². The maximum atomic E-state index is 13.4. The molecule has 1 aliphatic heterocycles. The molecular formula is C20H25Cl2NO3S. The van der Waals surface area contributed by atoms with Gasteiger partial charge in [-0.2, -0.15) is 0 Å². The fraction of sp³-hybridized carbons (Fsp3) is 0.550. The summed E-state index contributed by atoms with van der Waals surface area (Å²) in [4.78, 5) is 15.2. The molecule has 3 atom stereocenters. The summed E-state index contributed by atoms with van der Waals surface area (Å²) in [5.74, 6) is -0.111. The predicted molar refractivity (Wildman–Crippen MR) is 109 cm³/mol. The van der Waals surface area contributed by atoms with E-state index in [0.29, 0.717) is 13.0 Å². The Labute approximate surface area is 171 Å². The standard InChI is InChI=1S/C20H25Cl2NO3S/c1-13-4-6-14(7-5-13)11-23(15-8-9-27(25,26)12-15)19(24)18-16(10-17(21)22)20(18,2)3/h4-7,10,15-16,18H,8-9,11-12H2,1-3H3/t15-,16-,18+/m0/s1. The number of carbonyl (C=O) groups excluding carboxylic acids is 1. The van der Waals surface area contributed by atoms with Crippen molar-refractivity contribution in [3.63, 3.8) is 0 Å². The van der Waals surface area contributed by atoms with Crippen LogP contribution in [0.5, 0.6) is 0 Å². The quantitative estimate of drug-likeness (QED) is 0.707. The van der Waals surface area contributed by atoms with Crippen LogP contribution >= 0.6 is 23.2 Å². The lowest BCUT2D eigenvalue weighted by molar-refractivity contribution is -0.136. The van der Waals surface area contributed by atoms with E-state index >= 15 is 0 Å². The van der Waals surface area contributed by atoms with Gasteiger partial charge in [-0.15, -0.1) is 0 Å². The van der Waals surface area contributed by atoms with Crippen LogP contribution in [0.4, 0.5) is 0 Å². The van der Waals surface area contributed by atoms with Gasteiger partial charge in [-0.3, -0.25) is 4.79 Å². The van der Waals surface area contributed by atoms with Gasteiger partial charge in [-0.25, -0.2) is 8.42 Å². The number of halogens is 2. The molecule has 7 heteroatoms. The molecule has 1 aromatic rings. The lowest BCUT2D eigenvalue weighted by atomic mass is 10.1. The number of nitrogens with zero attached hydrogens (tertiary/aromatic N) is 1. The van der Waals surface area contributed by atoms with E-state index in [1.807, 2.05) is 45.0 Å². The topological polar surface area (TPSA) is 54.5 Å². The zero-order chi connectivity index (χ0) is 20.0. The summed E-state index contributed by atoms with van der Waals surface area (Å²) in [5.41, 5.74) is 1.90. The molecule has 27 heavy (non-hydrogen) atoms. The lowest BCUT2D eigenvalue weighted by Gasteiger charge is -2.29. The molecule has 1 heterocycles. The first-order valence-corrected chi connectivity index (χ1v) is 11.7. The largest absolute Gasteiger partial charge is 0.334 e. The molecule has 1 aromatic carbocycles. The normalized spacial score (nSPS) is 27.8. The Morgan fingerprint density at radius 2 is 1.89 bits per heavy atom. The van der Waals surface area contributed by atoms with Crippen molar-refractivity contribution >= 4 is 38.9 Å². The number of allylic oxidation sites excluding steroid dienone is 1. The van der Waals surface area contributed by atoms with Gasteiger partial charge in [0.15, 0.2) is 9.84 Å². The van der Waals surface area contributed by atoms with Crippen LogP contribution in [0.1, 0.15) is 31.4 Å². The second-order valence-corrected chi connectivity index (χ2v) is 11.5. The average molecular weight is 430 g/mol. The van der Waals surface area contributed by atoms with Gasteiger partial charge in [-0.05, 0) is 36.3 Å². The molecule has 4 nitrogen and oxygen atoms in total. The van der Waals surface area contributed by atoms with Crippen molar-refractivity contribution < 1.29 is 13.2 Å². The minimum Gasteiger partial charge on any atom is -0.334 e. The molecule has 1 amide bonds. The average Bonchev–Trinajstić information content (AvgIpc) is 2.90. The number of sulfone groups is 1. The third-order valence-electron chi connectivity index (χ3n) is 5.89. The highest BCUT2D eigenvalue weighted by molar-refractivity contribution is 7.91. The smallest absolute Gasteiger partial charge is 0.227 e. The number of hydrogen-bond acceptors (Lipinski definition) is 3. The molecule has 1 aliphatic carbocycles. The fourth-order valence-electron chi connectivity index (χ4n) is 4.07. The van der Waals surface area contributed by atoms with E-state index < -0.39 is 9.84 Å². The van der Waals surface area contributed by atoms with Crippen molar-refractivity contribution in [2.45, 2.75) is 39.8 Å². The number of carbonyl (C=O) groups is 1. The SMILES string of the molecule is Cc1ccc(CN(C(=O)[C@H]2[C@H](C=C(Cl)Cl)C2(C)C)[C@H]2CCS(=O)(=O)C2)cc1. The molecule has 1 saturated carbocycles. The third-order valence-corrected chi connectivity index (χ3v) is 7.89. The van der Waals surface area contributed by atoms with Gasteiger partial charge in [0.2, 0.25) is 5.91 Å². The lowest BCUT2D eigenvalue weighted by Crippen LogP contribution is -2.42. The number of aryl methyl sites for hydroxylation is 1.